The third kappa shape index (κ3) is 5.23. The molecule has 0 saturated carbocycles. The number of hydrogen-bond donors (Lipinski definition) is 1. The monoisotopic (exact) mass is 271 g/mol. The molecule has 0 heterocycles. The van der Waals surface area contributed by atoms with E-state index in [4.69, 9.17) is 16.3 Å². The number of halogens is 5. The third-order valence-corrected chi connectivity index (χ3v) is 2.07. The van der Waals surface area contributed by atoms with Crippen molar-refractivity contribution in [2.45, 2.75) is 6.18 Å². The van der Waals surface area contributed by atoms with Crippen LogP contribution in [0.1, 0.15) is 0 Å². The second-order valence-electron chi connectivity index (χ2n) is 3.19. The Kier molecular flexibility index (Phi) is 5.02. The van der Waals surface area contributed by atoms with E-state index < -0.39 is 18.5 Å². The number of alkyl halides is 3. The summed E-state index contributed by atoms with van der Waals surface area (Å²) < 4.78 is 53.4. The molecule has 17 heavy (non-hydrogen) atoms. The average Bonchev–Trinajstić information content (AvgIpc) is 2.22. The summed E-state index contributed by atoms with van der Waals surface area (Å²) in [6.07, 6.45) is -4.26. The molecule has 0 radical (unpaired) electrons. The second kappa shape index (κ2) is 6.07. The van der Waals surface area contributed by atoms with Crippen LogP contribution < -0.4 is 10.1 Å². The predicted octanol–water partition coefficient (Wildman–Crippen LogP) is 3.01. The highest BCUT2D eigenvalue weighted by molar-refractivity contribution is 6.30. The van der Waals surface area contributed by atoms with E-state index in [1.807, 2.05) is 0 Å². The largest absolute Gasteiger partial charge is 0.489 e. The average molecular weight is 272 g/mol. The van der Waals surface area contributed by atoms with E-state index in [1.165, 1.54) is 18.2 Å². The number of hydrogen-bond acceptors (Lipinski definition) is 2. The maximum atomic E-state index is 13.2. The molecule has 1 aromatic rings. The Morgan fingerprint density at radius 3 is 2.65 bits per heavy atom. The first-order chi connectivity index (χ1) is 7.90. The van der Waals surface area contributed by atoms with E-state index in [1.54, 1.807) is 0 Å². The molecule has 0 fully saturated rings. The van der Waals surface area contributed by atoms with Gasteiger partial charge in [0.15, 0.2) is 11.6 Å². The molecule has 1 rings (SSSR count). The van der Waals surface area contributed by atoms with E-state index in [0.29, 0.717) is 0 Å². The van der Waals surface area contributed by atoms with Crippen molar-refractivity contribution in [1.82, 2.24) is 5.32 Å². The summed E-state index contributed by atoms with van der Waals surface area (Å²) >= 11 is 5.49. The van der Waals surface area contributed by atoms with Gasteiger partial charge in [-0.1, -0.05) is 17.7 Å². The highest BCUT2D eigenvalue weighted by atomic mass is 35.5. The standard InChI is InChI=1S/C10H10ClF4NO/c11-7-2-1-3-8(9(7)12)17-5-4-16-6-10(13,14)15/h1-3,16H,4-6H2. The molecule has 0 amide bonds. The van der Waals surface area contributed by atoms with Crippen molar-refractivity contribution in [3.8, 4) is 5.75 Å². The summed E-state index contributed by atoms with van der Waals surface area (Å²) in [6.45, 7) is -1.22. The topological polar surface area (TPSA) is 21.3 Å². The van der Waals surface area contributed by atoms with Crippen LogP contribution >= 0.6 is 11.6 Å². The van der Waals surface area contributed by atoms with Crippen LogP contribution in [-0.2, 0) is 0 Å². The van der Waals surface area contributed by atoms with Gasteiger partial charge in [0.05, 0.1) is 11.6 Å². The van der Waals surface area contributed by atoms with Crippen LogP contribution in [0.15, 0.2) is 18.2 Å². The van der Waals surface area contributed by atoms with Crippen molar-refractivity contribution in [3.05, 3.63) is 29.0 Å². The zero-order valence-corrected chi connectivity index (χ0v) is 9.41. The Balaban J connectivity index is 2.29. The molecule has 0 spiro atoms. The van der Waals surface area contributed by atoms with Crippen LogP contribution in [0.2, 0.25) is 5.02 Å². The van der Waals surface area contributed by atoms with Gasteiger partial charge in [-0.3, -0.25) is 0 Å². The van der Waals surface area contributed by atoms with Gasteiger partial charge in [-0.2, -0.15) is 13.2 Å². The number of benzene rings is 1. The van der Waals surface area contributed by atoms with Gasteiger partial charge in [-0.25, -0.2) is 4.39 Å². The SMILES string of the molecule is Fc1c(Cl)cccc1OCCNCC(F)(F)F. The van der Waals surface area contributed by atoms with Gasteiger partial charge in [-0.15, -0.1) is 0 Å². The Bertz CT molecular complexity index is 370. The van der Waals surface area contributed by atoms with Gasteiger partial charge in [0, 0.05) is 6.54 Å². The molecule has 0 bridgehead atoms. The lowest BCUT2D eigenvalue weighted by Crippen LogP contribution is -2.31. The quantitative estimate of drug-likeness (QED) is 0.657. The fraction of sp³-hybridized carbons (Fsp3) is 0.400. The molecule has 0 saturated heterocycles. The van der Waals surface area contributed by atoms with Crippen molar-refractivity contribution < 1.29 is 22.3 Å². The zero-order valence-electron chi connectivity index (χ0n) is 8.65. The van der Waals surface area contributed by atoms with Crippen LogP contribution in [0.25, 0.3) is 0 Å². The highest BCUT2D eigenvalue weighted by Gasteiger charge is 2.25. The second-order valence-corrected chi connectivity index (χ2v) is 3.60. The summed E-state index contributed by atoms with van der Waals surface area (Å²) in [5, 5.41) is 2.03. The predicted molar refractivity (Wildman–Crippen MR) is 55.8 cm³/mol. The lowest BCUT2D eigenvalue weighted by Gasteiger charge is -2.10. The third-order valence-electron chi connectivity index (χ3n) is 1.78. The van der Waals surface area contributed by atoms with Crippen LogP contribution in [0.4, 0.5) is 17.6 Å². The molecule has 96 valence electrons. The minimum Gasteiger partial charge on any atom is -0.489 e. The van der Waals surface area contributed by atoms with Crippen molar-refractivity contribution in [3.63, 3.8) is 0 Å². The Morgan fingerprint density at radius 1 is 1.29 bits per heavy atom. The van der Waals surface area contributed by atoms with Gasteiger partial charge in [-0.05, 0) is 12.1 Å². The van der Waals surface area contributed by atoms with Crippen molar-refractivity contribution in [2.24, 2.45) is 0 Å². The van der Waals surface area contributed by atoms with Gasteiger partial charge < -0.3 is 10.1 Å². The Morgan fingerprint density at radius 2 is 2.00 bits per heavy atom. The molecule has 0 aliphatic carbocycles. The molecule has 0 unspecified atom stereocenters. The summed E-state index contributed by atoms with van der Waals surface area (Å²) in [4.78, 5) is 0. The van der Waals surface area contributed by atoms with Gasteiger partial charge in [0.25, 0.3) is 0 Å². The molecule has 0 aliphatic rings. The van der Waals surface area contributed by atoms with E-state index in [0.717, 1.165) is 0 Å². The van der Waals surface area contributed by atoms with E-state index in [9.17, 15) is 17.6 Å². The Hall–Kier alpha value is -1.01. The molecular formula is C10H10ClF4NO. The lowest BCUT2D eigenvalue weighted by atomic mass is 10.3. The molecule has 1 aromatic carbocycles. The van der Waals surface area contributed by atoms with Crippen molar-refractivity contribution in [2.75, 3.05) is 19.7 Å². The van der Waals surface area contributed by atoms with Crippen molar-refractivity contribution in [1.29, 1.82) is 0 Å². The summed E-state index contributed by atoms with van der Waals surface area (Å²) in [5.41, 5.74) is 0. The van der Waals surface area contributed by atoms with Crippen LogP contribution in [0.3, 0.4) is 0 Å². The normalized spacial score (nSPS) is 11.6. The van der Waals surface area contributed by atoms with E-state index in [-0.39, 0.29) is 23.9 Å². The number of nitrogens with one attached hydrogen (secondary N) is 1. The number of ether oxygens (including phenoxy) is 1. The fourth-order valence-electron chi connectivity index (χ4n) is 1.06. The fourth-order valence-corrected chi connectivity index (χ4v) is 1.22. The molecule has 0 atom stereocenters. The highest BCUT2D eigenvalue weighted by Crippen LogP contribution is 2.23. The maximum absolute atomic E-state index is 13.2. The van der Waals surface area contributed by atoms with Gasteiger partial charge in [0.1, 0.15) is 6.61 Å². The molecule has 0 aromatic heterocycles. The summed E-state index contributed by atoms with van der Waals surface area (Å²) in [5.74, 6) is -0.795. The van der Waals surface area contributed by atoms with E-state index in [2.05, 4.69) is 5.32 Å². The minimum atomic E-state index is -4.26. The summed E-state index contributed by atoms with van der Waals surface area (Å²) in [7, 11) is 0. The molecule has 7 heteroatoms. The minimum absolute atomic E-state index is 0.0362. The molecule has 2 nitrogen and oxygen atoms in total. The van der Waals surface area contributed by atoms with Crippen LogP contribution in [0.5, 0.6) is 5.75 Å². The van der Waals surface area contributed by atoms with Crippen LogP contribution in [-0.4, -0.2) is 25.9 Å². The van der Waals surface area contributed by atoms with E-state index >= 15 is 0 Å². The lowest BCUT2D eigenvalue weighted by molar-refractivity contribution is -0.124. The maximum Gasteiger partial charge on any atom is 0.401 e. The first-order valence-corrected chi connectivity index (χ1v) is 5.12. The van der Waals surface area contributed by atoms with Gasteiger partial charge in [0.2, 0.25) is 0 Å². The van der Waals surface area contributed by atoms with Crippen molar-refractivity contribution >= 4 is 11.6 Å². The smallest absolute Gasteiger partial charge is 0.401 e. The summed E-state index contributed by atoms with van der Waals surface area (Å²) in [6, 6.07) is 4.19. The first-order valence-electron chi connectivity index (χ1n) is 4.74. The number of rotatable bonds is 5. The Labute approximate surface area is 101 Å². The molecule has 1 N–H and O–H groups in total. The van der Waals surface area contributed by atoms with Crippen LogP contribution in [0, 0.1) is 5.82 Å². The molecule has 0 aliphatic heterocycles. The first kappa shape index (κ1) is 14.1. The zero-order chi connectivity index (χ0) is 12.9. The van der Waals surface area contributed by atoms with Gasteiger partial charge >= 0.3 is 6.18 Å². The molecular weight excluding hydrogens is 262 g/mol.